The maximum absolute atomic E-state index is 14.1. The molecule has 3 rings (SSSR count). The molecule has 2 amide bonds. The van der Waals surface area contributed by atoms with Crippen molar-refractivity contribution in [1.29, 1.82) is 0 Å². The molecule has 0 saturated heterocycles. The summed E-state index contributed by atoms with van der Waals surface area (Å²) in [6, 6.07) is 16.0. The van der Waals surface area contributed by atoms with Gasteiger partial charge in [-0.1, -0.05) is 67.4 Å². The van der Waals surface area contributed by atoms with Crippen LogP contribution in [0.4, 0.5) is 11.4 Å². The van der Waals surface area contributed by atoms with Gasteiger partial charge in [0, 0.05) is 34.8 Å². The fraction of sp³-hybridized carbons (Fsp3) is 0.310. The molecule has 0 saturated carbocycles. The lowest BCUT2D eigenvalue weighted by Crippen LogP contribution is -2.53. The number of nitro groups is 1. The molecule has 0 radical (unpaired) electrons. The number of hydrogen-bond acceptors (Lipinski definition) is 6. The molecule has 0 bridgehead atoms. The Morgan fingerprint density at radius 2 is 1.67 bits per heavy atom. The molecule has 2 atom stereocenters. The predicted molar refractivity (Wildman–Crippen MR) is 163 cm³/mol. The Hall–Kier alpha value is -3.67. The average Bonchev–Trinajstić information content (AvgIpc) is 2.97. The molecule has 3 aromatic rings. The van der Waals surface area contributed by atoms with Crippen LogP contribution in [0.3, 0.4) is 0 Å². The lowest BCUT2D eigenvalue weighted by Gasteiger charge is -2.34. The van der Waals surface area contributed by atoms with Gasteiger partial charge < -0.3 is 10.2 Å². The number of carbonyl (C=O) groups is 2. The van der Waals surface area contributed by atoms with E-state index in [2.05, 4.69) is 5.32 Å². The standard InChI is InChI=1S/C29H32Cl2N4O6S/c1-4-20(3)32-29(37)27(5-2)33(18-21-14-15-22(30)16-26(21)31)28(36)19-34(23-10-9-11-24(17-23)35(38)39)42(40,41)25-12-7-6-8-13-25/h6-17,20,27H,4-5,18-19H2,1-3H3,(H,32,37)/t20-,27-/m1/s1. The normalized spacial score (nSPS) is 12.7. The second-order valence-corrected chi connectivity index (χ2v) is 12.3. The summed E-state index contributed by atoms with van der Waals surface area (Å²) >= 11 is 12.5. The van der Waals surface area contributed by atoms with Crippen molar-refractivity contribution in [3.8, 4) is 0 Å². The first-order chi connectivity index (χ1) is 19.9. The Labute approximate surface area is 255 Å². The quantitative estimate of drug-likeness (QED) is 0.186. The number of non-ortho nitro benzene ring substituents is 1. The predicted octanol–water partition coefficient (Wildman–Crippen LogP) is 5.82. The van der Waals surface area contributed by atoms with Crippen molar-refractivity contribution in [2.45, 2.75) is 57.1 Å². The number of anilines is 1. The van der Waals surface area contributed by atoms with Crippen molar-refractivity contribution in [2.75, 3.05) is 10.8 Å². The molecule has 0 spiro atoms. The number of nitro benzene ring substituents is 1. The summed E-state index contributed by atoms with van der Waals surface area (Å²) in [6.45, 7) is 4.63. The summed E-state index contributed by atoms with van der Waals surface area (Å²) in [5.74, 6) is -1.11. The van der Waals surface area contributed by atoms with Crippen molar-refractivity contribution in [3.05, 3.63) is 98.5 Å². The van der Waals surface area contributed by atoms with E-state index in [4.69, 9.17) is 23.2 Å². The number of amides is 2. The first kappa shape index (κ1) is 32.8. The highest BCUT2D eigenvalue weighted by Gasteiger charge is 2.34. The van der Waals surface area contributed by atoms with Crippen LogP contribution in [0.15, 0.2) is 77.7 Å². The number of hydrogen-bond donors (Lipinski definition) is 1. The van der Waals surface area contributed by atoms with Crippen LogP contribution in [0.1, 0.15) is 39.2 Å². The molecule has 1 N–H and O–H groups in total. The van der Waals surface area contributed by atoms with Crippen molar-refractivity contribution >= 4 is 56.4 Å². The highest BCUT2D eigenvalue weighted by atomic mass is 35.5. The van der Waals surface area contributed by atoms with Crippen molar-refractivity contribution in [1.82, 2.24) is 10.2 Å². The maximum Gasteiger partial charge on any atom is 0.271 e. The minimum Gasteiger partial charge on any atom is -0.352 e. The second kappa shape index (κ2) is 14.5. The monoisotopic (exact) mass is 634 g/mol. The number of nitrogens with one attached hydrogen (secondary N) is 1. The molecule has 0 heterocycles. The highest BCUT2D eigenvalue weighted by Crippen LogP contribution is 2.29. The zero-order valence-electron chi connectivity index (χ0n) is 23.4. The number of nitrogens with zero attached hydrogens (tertiary/aromatic N) is 3. The van der Waals surface area contributed by atoms with E-state index in [1.54, 1.807) is 25.1 Å². The number of halogens is 2. The van der Waals surface area contributed by atoms with Crippen molar-refractivity contribution < 1.29 is 22.9 Å². The fourth-order valence-electron chi connectivity index (χ4n) is 4.20. The van der Waals surface area contributed by atoms with E-state index in [-0.39, 0.29) is 40.3 Å². The SMILES string of the molecule is CC[C@@H](C)NC(=O)[C@@H](CC)N(Cc1ccc(Cl)cc1Cl)C(=O)CN(c1cccc([N+](=O)[O-])c1)S(=O)(=O)c1ccccc1. The van der Waals surface area contributed by atoms with Crippen LogP contribution in [-0.2, 0) is 26.2 Å². The molecule has 42 heavy (non-hydrogen) atoms. The van der Waals surface area contributed by atoms with Gasteiger partial charge in [0.05, 0.1) is 15.5 Å². The van der Waals surface area contributed by atoms with Gasteiger partial charge in [-0.05, 0) is 55.7 Å². The van der Waals surface area contributed by atoms with Crippen LogP contribution in [0.2, 0.25) is 10.0 Å². The van der Waals surface area contributed by atoms with Crippen LogP contribution in [-0.4, -0.2) is 48.7 Å². The molecule has 0 aromatic heterocycles. The summed E-state index contributed by atoms with van der Waals surface area (Å²) in [4.78, 5) is 39.5. The Morgan fingerprint density at radius 3 is 2.26 bits per heavy atom. The molecule has 10 nitrogen and oxygen atoms in total. The largest absolute Gasteiger partial charge is 0.352 e. The van der Waals surface area contributed by atoms with Gasteiger partial charge in [-0.25, -0.2) is 8.42 Å². The minimum atomic E-state index is -4.37. The van der Waals surface area contributed by atoms with Gasteiger partial charge in [0.1, 0.15) is 12.6 Å². The minimum absolute atomic E-state index is 0.0806. The molecule has 0 aliphatic carbocycles. The lowest BCUT2D eigenvalue weighted by molar-refractivity contribution is -0.384. The number of sulfonamides is 1. The summed E-state index contributed by atoms with van der Waals surface area (Å²) in [5, 5.41) is 15.0. The van der Waals surface area contributed by atoms with Crippen molar-refractivity contribution in [2.24, 2.45) is 0 Å². The number of benzene rings is 3. The molecule has 3 aromatic carbocycles. The maximum atomic E-state index is 14.1. The van der Waals surface area contributed by atoms with E-state index in [9.17, 15) is 28.1 Å². The van der Waals surface area contributed by atoms with E-state index in [1.165, 1.54) is 53.4 Å². The summed E-state index contributed by atoms with van der Waals surface area (Å²) in [7, 11) is -4.37. The zero-order chi connectivity index (χ0) is 31.0. The first-order valence-corrected chi connectivity index (χ1v) is 15.4. The lowest BCUT2D eigenvalue weighted by atomic mass is 10.1. The molecule has 0 fully saturated rings. The molecular formula is C29H32Cl2N4O6S. The zero-order valence-corrected chi connectivity index (χ0v) is 25.7. The van der Waals surface area contributed by atoms with E-state index < -0.39 is 39.3 Å². The molecule has 0 unspecified atom stereocenters. The van der Waals surface area contributed by atoms with Gasteiger partial charge >= 0.3 is 0 Å². The Morgan fingerprint density at radius 1 is 0.976 bits per heavy atom. The number of rotatable bonds is 13. The van der Waals surface area contributed by atoms with Gasteiger partial charge in [-0.3, -0.25) is 24.0 Å². The van der Waals surface area contributed by atoms with E-state index in [0.29, 0.717) is 17.0 Å². The highest BCUT2D eigenvalue weighted by molar-refractivity contribution is 7.92. The molecular weight excluding hydrogens is 603 g/mol. The molecule has 224 valence electrons. The Balaban J connectivity index is 2.11. The van der Waals surface area contributed by atoms with E-state index in [0.717, 1.165) is 10.4 Å². The first-order valence-electron chi connectivity index (χ1n) is 13.2. The van der Waals surface area contributed by atoms with Crippen LogP contribution in [0, 0.1) is 10.1 Å². The third-order valence-electron chi connectivity index (χ3n) is 6.68. The van der Waals surface area contributed by atoms with E-state index in [1.807, 2.05) is 13.8 Å². The van der Waals surface area contributed by atoms with Gasteiger partial charge in [0.25, 0.3) is 15.7 Å². The third-order valence-corrected chi connectivity index (χ3v) is 9.06. The van der Waals surface area contributed by atoms with Crippen molar-refractivity contribution in [3.63, 3.8) is 0 Å². The molecule has 13 heteroatoms. The summed E-state index contributed by atoms with van der Waals surface area (Å²) in [5.41, 5.74) is 0.0670. The van der Waals surface area contributed by atoms with E-state index >= 15 is 0 Å². The summed E-state index contributed by atoms with van der Waals surface area (Å²) in [6.07, 6.45) is 0.885. The summed E-state index contributed by atoms with van der Waals surface area (Å²) < 4.78 is 28.5. The van der Waals surface area contributed by atoms with Gasteiger partial charge in [-0.2, -0.15) is 0 Å². The second-order valence-electron chi connectivity index (χ2n) is 9.60. The van der Waals surface area contributed by atoms with Crippen LogP contribution in [0.5, 0.6) is 0 Å². The van der Waals surface area contributed by atoms with Gasteiger partial charge in [0.15, 0.2) is 0 Å². The Bertz CT molecular complexity index is 1540. The Kier molecular flexibility index (Phi) is 11.3. The van der Waals surface area contributed by atoms with Gasteiger partial charge in [-0.15, -0.1) is 0 Å². The smallest absolute Gasteiger partial charge is 0.271 e. The molecule has 0 aliphatic heterocycles. The fourth-order valence-corrected chi connectivity index (χ4v) is 6.10. The number of carbonyl (C=O) groups excluding carboxylic acids is 2. The molecule has 0 aliphatic rings. The van der Waals surface area contributed by atoms with Crippen LogP contribution >= 0.6 is 23.2 Å². The topological polar surface area (TPSA) is 130 Å². The van der Waals surface area contributed by atoms with Crippen LogP contribution in [0.25, 0.3) is 0 Å². The average molecular weight is 636 g/mol. The van der Waals surface area contributed by atoms with Gasteiger partial charge in [0.2, 0.25) is 11.8 Å². The third kappa shape index (κ3) is 7.99. The van der Waals surface area contributed by atoms with Crippen LogP contribution < -0.4 is 9.62 Å².